The van der Waals surface area contributed by atoms with Gasteiger partial charge in [0.1, 0.15) is 0 Å². The number of hydrogen-bond acceptors (Lipinski definition) is 4. The molecular weight excluding hydrogens is 156 g/mol. The highest BCUT2D eigenvalue weighted by Crippen LogP contribution is 1.96. The van der Waals surface area contributed by atoms with Gasteiger partial charge in [-0.05, 0) is 6.92 Å². The summed E-state index contributed by atoms with van der Waals surface area (Å²) in [5.41, 5.74) is 0.936. The average Bonchev–Trinajstić information content (AvgIpc) is 2.06. The SMILES string of the molecule is C=COC(=O)c1cnc(C)cn1. The number of carbonyl (C=O) groups is 1. The van der Waals surface area contributed by atoms with E-state index < -0.39 is 5.97 Å². The Morgan fingerprint density at radius 2 is 2.33 bits per heavy atom. The van der Waals surface area contributed by atoms with Crippen LogP contribution in [0.15, 0.2) is 25.2 Å². The summed E-state index contributed by atoms with van der Waals surface area (Å²) in [4.78, 5) is 18.7. The zero-order valence-electron chi connectivity index (χ0n) is 6.65. The molecule has 1 rings (SSSR count). The van der Waals surface area contributed by atoms with E-state index in [1.54, 1.807) is 6.92 Å². The third kappa shape index (κ3) is 1.88. The maximum Gasteiger partial charge on any atom is 0.363 e. The Bertz CT molecular complexity index is 292. The Kier molecular flexibility index (Phi) is 2.53. The zero-order chi connectivity index (χ0) is 8.97. The van der Waals surface area contributed by atoms with Crippen molar-refractivity contribution in [1.82, 2.24) is 9.97 Å². The highest BCUT2D eigenvalue weighted by molar-refractivity contribution is 5.87. The van der Waals surface area contributed by atoms with E-state index in [2.05, 4.69) is 21.3 Å². The maximum atomic E-state index is 11.0. The summed E-state index contributed by atoms with van der Waals surface area (Å²) >= 11 is 0. The lowest BCUT2D eigenvalue weighted by Gasteiger charge is -1.96. The van der Waals surface area contributed by atoms with Crippen molar-refractivity contribution in [2.24, 2.45) is 0 Å². The van der Waals surface area contributed by atoms with E-state index in [9.17, 15) is 4.79 Å². The van der Waals surface area contributed by atoms with E-state index in [4.69, 9.17) is 0 Å². The Labute approximate surface area is 69.9 Å². The monoisotopic (exact) mass is 164 g/mol. The fraction of sp³-hybridized carbons (Fsp3) is 0.125. The Balaban J connectivity index is 2.82. The zero-order valence-corrected chi connectivity index (χ0v) is 6.65. The predicted octanol–water partition coefficient (Wildman–Crippen LogP) is 1.09. The molecule has 1 heterocycles. The molecule has 0 atom stereocenters. The first-order chi connectivity index (χ1) is 5.74. The fourth-order valence-corrected chi connectivity index (χ4v) is 0.634. The molecule has 0 aliphatic heterocycles. The molecule has 0 aliphatic rings. The van der Waals surface area contributed by atoms with Crippen molar-refractivity contribution in [1.29, 1.82) is 0 Å². The van der Waals surface area contributed by atoms with Gasteiger partial charge in [-0.3, -0.25) is 4.98 Å². The highest BCUT2D eigenvalue weighted by atomic mass is 16.5. The molecule has 0 fully saturated rings. The lowest BCUT2D eigenvalue weighted by molar-refractivity contribution is 0.0657. The predicted molar refractivity (Wildman–Crippen MR) is 42.4 cm³/mol. The summed E-state index contributed by atoms with van der Waals surface area (Å²) in [6.45, 7) is 5.04. The van der Waals surface area contributed by atoms with Gasteiger partial charge in [-0.25, -0.2) is 9.78 Å². The van der Waals surface area contributed by atoms with Crippen LogP contribution < -0.4 is 0 Å². The van der Waals surface area contributed by atoms with Gasteiger partial charge in [-0.2, -0.15) is 0 Å². The molecule has 0 saturated carbocycles. The third-order valence-corrected chi connectivity index (χ3v) is 1.18. The van der Waals surface area contributed by atoms with Crippen molar-refractivity contribution in [3.8, 4) is 0 Å². The maximum absolute atomic E-state index is 11.0. The van der Waals surface area contributed by atoms with Crippen LogP contribution in [0, 0.1) is 6.92 Å². The molecule has 12 heavy (non-hydrogen) atoms. The van der Waals surface area contributed by atoms with Crippen LogP contribution in [-0.4, -0.2) is 15.9 Å². The molecule has 0 aliphatic carbocycles. The molecule has 0 radical (unpaired) electrons. The highest BCUT2D eigenvalue weighted by Gasteiger charge is 2.06. The van der Waals surface area contributed by atoms with Gasteiger partial charge in [0.05, 0.1) is 18.2 Å². The molecule has 0 unspecified atom stereocenters. The van der Waals surface area contributed by atoms with Crippen LogP contribution in [0.2, 0.25) is 0 Å². The van der Waals surface area contributed by atoms with Gasteiger partial charge in [0, 0.05) is 6.20 Å². The lowest BCUT2D eigenvalue weighted by atomic mass is 10.4. The van der Waals surface area contributed by atoms with Gasteiger partial charge < -0.3 is 4.74 Å². The summed E-state index contributed by atoms with van der Waals surface area (Å²) in [7, 11) is 0. The van der Waals surface area contributed by atoms with Crippen LogP contribution in [0.25, 0.3) is 0 Å². The van der Waals surface area contributed by atoms with Gasteiger partial charge >= 0.3 is 5.97 Å². The number of carbonyl (C=O) groups excluding carboxylic acids is 1. The molecule has 0 amide bonds. The second-order valence-electron chi connectivity index (χ2n) is 2.11. The summed E-state index contributed by atoms with van der Waals surface area (Å²) in [5.74, 6) is -0.544. The number of ether oxygens (including phenoxy) is 1. The lowest BCUT2D eigenvalue weighted by Crippen LogP contribution is -2.04. The summed E-state index contributed by atoms with van der Waals surface area (Å²) in [5, 5.41) is 0. The smallest absolute Gasteiger partial charge is 0.363 e. The minimum Gasteiger partial charge on any atom is -0.430 e. The van der Waals surface area contributed by atoms with Crippen molar-refractivity contribution in [3.63, 3.8) is 0 Å². The molecule has 0 aromatic carbocycles. The number of esters is 1. The minimum atomic E-state index is -0.544. The van der Waals surface area contributed by atoms with E-state index in [-0.39, 0.29) is 5.69 Å². The van der Waals surface area contributed by atoms with Crippen molar-refractivity contribution < 1.29 is 9.53 Å². The Morgan fingerprint density at radius 3 is 2.83 bits per heavy atom. The van der Waals surface area contributed by atoms with E-state index in [0.717, 1.165) is 12.0 Å². The van der Waals surface area contributed by atoms with Gasteiger partial charge in [-0.1, -0.05) is 6.58 Å². The molecule has 1 aromatic rings. The molecule has 4 nitrogen and oxygen atoms in total. The number of aromatic nitrogens is 2. The summed E-state index contributed by atoms with van der Waals surface area (Å²) in [6.07, 6.45) is 3.92. The number of rotatable bonds is 2. The first-order valence-corrected chi connectivity index (χ1v) is 3.34. The molecule has 0 N–H and O–H groups in total. The van der Waals surface area contributed by atoms with Gasteiger partial charge in [0.25, 0.3) is 0 Å². The van der Waals surface area contributed by atoms with Crippen LogP contribution in [0.3, 0.4) is 0 Å². The molecule has 4 heteroatoms. The van der Waals surface area contributed by atoms with Crippen molar-refractivity contribution in [2.45, 2.75) is 6.92 Å². The molecule has 1 aromatic heterocycles. The van der Waals surface area contributed by atoms with E-state index in [1.807, 2.05) is 0 Å². The largest absolute Gasteiger partial charge is 0.430 e. The summed E-state index contributed by atoms with van der Waals surface area (Å²) in [6, 6.07) is 0. The third-order valence-electron chi connectivity index (χ3n) is 1.18. The van der Waals surface area contributed by atoms with Crippen molar-refractivity contribution in [2.75, 3.05) is 0 Å². The van der Waals surface area contributed by atoms with Crippen molar-refractivity contribution >= 4 is 5.97 Å². The van der Waals surface area contributed by atoms with E-state index >= 15 is 0 Å². The molecule has 62 valence electrons. The van der Waals surface area contributed by atoms with E-state index in [0.29, 0.717) is 0 Å². The minimum absolute atomic E-state index is 0.181. The van der Waals surface area contributed by atoms with Gasteiger partial charge in [-0.15, -0.1) is 0 Å². The first kappa shape index (κ1) is 8.39. The summed E-state index contributed by atoms with van der Waals surface area (Å²) < 4.78 is 4.49. The quantitative estimate of drug-likeness (QED) is 0.485. The second-order valence-corrected chi connectivity index (χ2v) is 2.11. The van der Waals surface area contributed by atoms with E-state index in [1.165, 1.54) is 12.4 Å². The van der Waals surface area contributed by atoms with Gasteiger partial charge in [0.15, 0.2) is 5.69 Å². The van der Waals surface area contributed by atoms with Crippen LogP contribution in [0.1, 0.15) is 16.2 Å². The van der Waals surface area contributed by atoms with Crippen LogP contribution >= 0.6 is 0 Å². The average molecular weight is 164 g/mol. The van der Waals surface area contributed by atoms with Gasteiger partial charge in [0.2, 0.25) is 0 Å². The molecule has 0 saturated heterocycles. The Morgan fingerprint density at radius 1 is 1.58 bits per heavy atom. The standard InChI is InChI=1S/C8H8N2O2/c1-3-12-8(11)7-5-9-6(2)4-10-7/h3-5H,1H2,2H3. The molecule has 0 spiro atoms. The molecule has 0 bridgehead atoms. The normalized spacial score (nSPS) is 9.08. The van der Waals surface area contributed by atoms with Crippen LogP contribution in [0.4, 0.5) is 0 Å². The van der Waals surface area contributed by atoms with Crippen LogP contribution in [-0.2, 0) is 4.74 Å². The van der Waals surface area contributed by atoms with Crippen LogP contribution in [0.5, 0.6) is 0 Å². The number of aryl methyl sites for hydroxylation is 1. The fourth-order valence-electron chi connectivity index (χ4n) is 0.634. The number of hydrogen-bond donors (Lipinski definition) is 0. The number of nitrogens with zero attached hydrogens (tertiary/aromatic N) is 2. The van der Waals surface area contributed by atoms with Crippen molar-refractivity contribution in [3.05, 3.63) is 36.6 Å². The molecular formula is C8H8N2O2. The first-order valence-electron chi connectivity index (χ1n) is 3.34. The topological polar surface area (TPSA) is 52.1 Å². The Hall–Kier alpha value is -1.71. The second kappa shape index (κ2) is 3.61.